The molecule has 1 aromatic carbocycles. The van der Waals surface area contributed by atoms with Gasteiger partial charge in [-0.05, 0) is 18.4 Å². The molecular formula is C17H20N2O2. The minimum absolute atomic E-state index is 0.258. The molecule has 1 aliphatic rings. The van der Waals surface area contributed by atoms with E-state index in [1.807, 2.05) is 24.3 Å². The maximum absolute atomic E-state index is 11.7. The molecule has 4 heteroatoms. The highest BCUT2D eigenvalue weighted by atomic mass is 16.1. The summed E-state index contributed by atoms with van der Waals surface area (Å²) in [4.78, 5) is 26.4. The number of fused-ring (bicyclic) bond motifs is 1. The molecule has 0 spiro atoms. The van der Waals surface area contributed by atoms with Crippen molar-refractivity contribution in [3.8, 4) is 0 Å². The lowest BCUT2D eigenvalue weighted by molar-refractivity contribution is -0.109. The molecule has 0 aliphatic heterocycles. The Hall–Kier alpha value is -2.10. The third-order valence-electron chi connectivity index (χ3n) is 4.59. The maximum Gasteiger partial charge on any atom is 0.265 e. The highest BCUT2D eigenvalue weighted by Gasteiger charge is 2.27. The van der Waals surface area contributed by atoms with Gasteiger partial charge in [0, 0.05) is 22.4 Å². The van der Waals surface area contributed by atoms with E-state index in [-0.39, 0.29) is 5.92 Å². The van der Waals surface area contributed by atoms with E-state index in [9.17, 15) is 9.59 Å². The Morgan fingerprint density at radius 2 is 2.05 bits per heavy atom. The van der Waals surface area contributed by atoms with Crippen LogP contribution in [-0.4, -0.2) is 17.2 Å². The van der Waals surface area contributed by atoms with Crippen LogP contribution in [0.3, 0.4) is 0 Å². The predicted molar refractivity (Wildman–Crippen MR) is 82.2 cm³/mol. The Morgan fingerprint density at radius 1 is 1.33 bits per heavy atom. The van der Waals surface area contributed by atoms with Crippen molar-refractivity contribution in [2.45, 2.75) is 38.0 Å². The summed E-state index contributed by atoms with van der Waals surface area (Å²) in [5.74, 6) is -0.180. The zero-order valence-electron chi connectivity index (χ0n) is 12.0. The molecule has 0 radical (unpaired) electrons. The normalized spacial score (nSPS) is 17.1. The van der Waals surface area contributed by atoms with Gasteiger partial charge < -0.3 is 15.5 Å². The van der Waals surface area contributed by atoms with Crippen LogP contribution < -0.4 is 5.73 Å². The van der Waals surface area contributed by atoms with Gasteiger partial charge in [-0.25, -0.2) is 0 Å². The summed E-state index contributed by atoms with van der Waals surface area (Å²) < 4.78 is 0. The van der Waals surface area contributed by atoms with Crippen LogP contribution in [0.2, 0.25) is 0 Å². The van der Waals surface area contributed by atoms with Gasteiger partial charge in [0.05, 0.1) is 0 Å². The molecule has 1 aliphatic carbocycles. The fourth-order valence-electron chi connectivity index (χ4n) is 3.59. The smallest absolute Gasteiger partial charge is 0.265 e. The topological polar surface area (TPSA) is 76.0 Å². The van der Waals surface area contributed by atoms with Crippen LogP contribution in [0.1, 0.15) is 54.1 Å². The summed E-state index contributed by atoms with van der Waals surface area (Å²) in [6, 6.07) is 7.67. The fraction of sp³-hybridized carbons (Fsp3) is 0.412. The first-order valence-corrected chi connectivity index (χ1v) is 7.56. The quantitative estimate of drug-likeness (QED) is 0.828. The van der Waals surface area contributed by atoms with Crippen LogP contribution in [0.25, 0.3) is 10.9 Å². The number of carbonyl (C=O) groups is 2. The van der Waals surface area contributed by atoms with E-state index in [0.717, 1.165) is 29.2 Å². The molecule has 1 atom stereocenters. The van der Waals surface area contributed by atoms with Gasteiger partial charge in [0.25, 0.3) is 5.91 Å². The van der Waals surface area contributed by atoms with E-state index in [2.05, 4.69) is 4.98 Å². The van der Waals surface area contributed by atoms with Crippen LogP contribution in [-0.2, 0) is 4.79 Å². The second-order valence-electron chi connectivity index (χ2n) is 5.95. The molecule has 1 fully saturated rings. The van der Waals surface area contributed by atoms with Crippen molar-refractivity contribution in [1.29, 1.82) is 0 Å². The molecule has 0 bridgehead atoms. The predicted octanol–water partition coefficient (Wildman–Crippen LogP) is 3.13. The molecule has 1 heterocycles. The highest BCUT2D eigenvalue weighted by molar-refractivity contribution is 6.02. The number of para-hydroxylation sites is 1. The monoisotopic (exact) mass is 284 g/mol. The average molecular weight is 284 g/mol. The molecule has 2 aromatic rings. The van der Waals surface area contributed by atoms with Crippen LogP contribution in [0.5, 0.6) is 0 Å². The number of nitrogens with one attached hydrogen (secondary N) is 1. The molecule has 1 saturated carbocycles. The Morgan fingerprint density at radius 3 is 2.71 bits per heavy atom. The van der Waals surface area contributed by atoms with Gasteiger partial charge in [0.2, 0.25) is 0 Å². The van der Waals surface area contributed by atoms with E-state index < -0.39 is 5.91 Å². The number of primary amides is 1. The van der Waals surface area contributed by atoms with Crippen molar-refractivity contribution < 1.29 is 9.59 Å². The number of aromatic amines is 1. The van der Waals surface area contributed by atoms with Gasteiger partial charge in [-0.2, -0.15) is 0 Å². The number of hydrogen-bond acceptors (Lipinski definition) is 2. The lowest BCUT2D eigenvalue weighted by Gasteiger charge is -2.16. The third kappa shape index (κ3) is 2.58. The number of benzene rings is 1. The molecule has 4 nitrogen and oxygen atoms in total. The standard InChI is InChI=1S/C17H20N2O2/c18-17(21)16-15(13-7-3-4-8-14(13)19-16)12(10-20)9-11-5-1-2-6-11/h3-4,7-8,10-12,19H,1-2,5-6,9H2,(H2,18,21). The highest BCUT2D eigenvalue weighted by Crippen LogP contribution is 2.37. The van der Waals surface area contributed by atoms with Crippen molar-refractivity contribution in [3.05, 3.63) is 35.5 Å². The Labute approximate surface area is 123 Å². The summed E-state index contributed by atoms with van der Waals surface area (Å²) in [6.45, 7) is 0. The molecule has 3 rings (SSSR count). The lowest BCUT2D eigenvalue weighted by Crippen LogP contribution is -2.17. The molecule has 0 saturated heterocycles. The van der Waals surface area contributed by atoms with E-state index in [1.54, 1.807) is 0 Å². The van der Waals surface area contributed by atoms with Gasteiger partial charge in [-0.3, -0.25) is 4.79 Å². The first kappa shape index (κ1) is 13.9. The second-order valence-corrected chi connectivity index (χ2v) is 5.95. The number of aromatic nitrogens is 1. The zero-order valence-corrected chi connectivity index (χ0v) is 12.0. The first-order chi connectivity index (χ1) is 10.2. The van der Waals surface area contributed by atoms with Crippen LogP contribution >= 0.6 is 0 Å². The second kappa shape index (κ2) is 5.72. The largest absolute Gasteiger partial charge is 0.364 e. The summed E-state index contributed by atoms with van der Waals surface area (Å²) in [5.41, 5.74) is 7.51. The molecule has 1 unspecified atom stereocenters. The van der Waals surface area contributed by atoms with Gasteiger partial charge in [-0.15, -0.1) is 0 Å². The zero-order chi connectivity index (χ0) is 14.8. The summed E-state index contributed by atoms with van der Waals surface area (Å²) in [6.07, 6.45) is 6.63. The van der Waals surface area contributed by atoms with Gasteiger partial charge in [0.1, 0.15) is 12.0 Å². The maximum atomic E-state index is 11.7. The molecule has 21 heavy (non-hydrogen) atoms. The van der Waals surface area contributed by atoms with Gasteiger partial charge >= 0.3 is 0 Å². The minimum atomic E-state index is -0.500. The van der Waals surface area contributed by atoms with Crippen molar-refractivity contribution in [2.24, 2.45) is 11.7 Å². The van der Waals surface area contributed by atoms with E-state index >= 15 is 0 Å². The van der Waals surface area contributed by atoms with Crippen molar-refractivity contribution in [3.63, 3.8) is 0 Å². The Kier molecular flexibility index (Phi) is 3.78. The molecule has 1 aromatic heterocycles. The first-order valence-electron chi connectivity index (χ1n) is 7.56. The Balaban J connectivity index is 2.04. The minimum Gasteiger partial charge on any atom is -0.364 e. The molecule has 110 valence electrons. The average Bonchev–Trinajstić information content (AvgIpc) is 3.12. The number of nitrogens with two attached hydrogens (primary N) is 1. The van der Waals surface area contributed by atoms with Crippen molar-refractivity contribution in [2.75, 3.05) is 0 Å². The van der Waals surface area contributed by atoms with Crippen molar-refractivity contribution in [1.82, 2.24) is 4.98 Å². The summed E-state index contributed by atoms with van der Waals surface area (Å²) in [5, 5.41) is 0.932. The number of amides is 1. The Bertz CT molecular complexity index is 668. The molecule has 3 N–H and O–H groups in total. The number of carbonyl (C=O) groups excluding carboxylic acids is 2. The molecule has 1 amide bonds. The van der Waals surface area contributed by atoms with E-state index in [1.165, 1.54) is 25.7 Å². The number of rotatable bonds is 5. The number of aldehydes is 1. The van der Waals surface area contributed by atoms with Crippen LogP contribution in [0.4, 0.5) is 0 Å². The third-order valence-corrected chi connectivity index (χ3v) is 4.59. The van der Waals surface area contributed by atoms with Crippen molar-refractivity contribution >= 4 is 23.1 Å². The SMILES string of the molecule is NC(=O)c1[nH]c2ccccc2c1C(C=O)CC1CCCC1. The van der Waals surface area contributed by atoms with Crippen LogP contribution in [0, 0.1) is 5.92 Å². The number of H-pyrrole nitrogens is 1. The van der Waals surface area contributed by atoms with Crippen LogP contribution in [0.15, 0.2) is 24.3 Å². The number of hydrogen-bond donors (Lipinski definition) is 2. The summed E-state index contributed by atoms with van der Waals surface area (Å²) in [7, 11) is 0. The van der Waals surface area contributed by atoms with Gasteiger partial charge in [0.15, 0.2) is 0 Å². The summed E-state index contributed by atoms with van der Waals surface area (Å²) >= 11 is 0. The van der Waals surface area contributed by atoms with E-state index in [0.29, 0.717) is 11.6 Å². The van der Waals surface area contributed by atoms with E-state index in [4.69, 9.17) is 5.73 Å². The fourth-order valence-corrected chi connectivity index (χ4v) is 3.59. The van der Waals surface area contributed by atoms with Gasteiger partial charge in [-0.1, -0.05) is 43.9 Å². The molecular weight excluding hydrogens is 264 g/mol. The lowest BCUT2D eigenvalue weighted by atomic mass is 9.87.